The predicted molar refractivity (Wildman–Crippen MR) is 102 cm³/mol. The highest BCUT2D eigenvalue weighted by Crippen LogP contribution is 2.38. The Balaban J connectivity index is 1.34. The molecular weight excluding hydrogens is 344 g/mol. The molecule has 27 heavy (non-hydrogen) atoms. The van der Waals surface area contributed by atoms with Gasteiger partial charge in [0.15, 0.2) is 17.1 Å². The average Bonchev–Trinajstić information content (AvgIpc) is 3.42. The molecule has 1 saturated carbocycles. The highest BCUT2D eigenvalue weighted by atomic mass is 16.5. The quantitative estimate of drug-likeness (QED) is 0.827. The summed E-state index contributed by atoms with van der Waals surface area (Å²) in [4.78, 5) is 15.4. The number of hydrogen-bond acceptors (Lipinski definition) is 5. The maximum absolute atomic E-state index is 12.9. The number of benzene rings is 1. The van der Waals surface area contributed by atoms with Gasteiger partial charge in [-0.1, -0.05) is 12.1 Å². The summed E-state index contributed by atoms with van der Waals surface area (Å²) in [6.07, 6.45) is 3.93. The van der Waals surface area contributed by atoms with Crippen molar-refractivity contribution >= 4 is 5.91 Å². The Bertz CT molecular complexity index is 689. The number of hydrogen-bond donors (Lipinski definition) is 1. The second kappa shape index (κ2) is 7.32. The van der Waals surface area contributed by atoms with Crippen molar-refractivity contribution < 1.29 is 19.0 Å². The molecule has 1 aliphatic carbocycles. The molecule has 2 saturated heterocycles. The van der Waals surface area contributed by atoms with Gasteiger partial charge < -0.3 is 19.5 Å². The van der Waals surface area contributed by atoms with Crippen molar-refractivity contribution in [3.8, 4) is 11.5 Å². The summed E-state index contributed by atoms with van der Waals surface area (Å²) >= 11 is 0. The minimum atomic E-state index is -0.981. The number of rotatable bonds is 6. The molecule has 0 bridgehead atoms. The molecule has 3 atom stereocenters. The second-order valence-corrected chi connectivity index (χ2v) is 8.49. The number of morpholine rings is 1. The molecule has 0 aromatic heterocycles. The van der Waals surface area contributed by atoms with Crippen LogP contribution in [0.1, 0.15) is 33.1 Å². The van der Waals surface area contributed by atoms with E-state index in [1.165, 1.54) is 12.8 Å². The summed E-state index contributed by atoms with van der Waals surface area (Å²) in [6.45, 7) is 6.28. The summed E-state index contributed by atoms with van der Waals surface area (Å²) in [5.41, 5.74) is -0.981. The lowest BCUT2D eigenvalue weighted by Crippen LogP contribution is -2.51. The van der Waals surface area contributed by atoms with E-state index in [2.05, 4.69) is 10.2 Å². The molecule has 1 aromatic rings. The lowest BCUT2D eigenvalue weighted by Gasteiger charge is -2.35. The molecule has 3 aliphatic rings. The van der Waals surface area contributed by atoms with E-state index in [1.54, 1.807) is 21.0 Å². The monoisotopic (exact) mass is 374 g/mol. The summed E-state index contributed by atoms with van der Waals surface area (Å²) in [7, 11) is 1.60. The van der Waals surface area contributed by atoms with E-state index in [9.17, 15) is 4.79 Å². The van der Waals surface area contributed by atoms with Gasteiger partial charge in [0.25, 0.3) is 5.91 Å². The Morgan fingerprint density at radius 1 is 1.22 bits per heavy atom. The van der Waals surface area contributed by atoms with Crippen LogP contribution in [0, 0.1) is 5.92 Å². The van der Waals surface area contributed by atoms with Gasteiger partial charge in [-0.3, -0.25) is 9.69 Å². The van der Waals surface area contributed by atoms with Gasteiger partial charge in [-0.25, -0.2) is 0 Å². The van der Waals surface area contributed by atoms with Crippen molar-refractivity contribution in [2.45, 2.75) is 56.9 Å². The fourth-order valence-corrected chi connectivity index (χ4v) is 4.14. The molecule has 1 N–H and O–H groups in total. The number of carbonyl (C=O) groups excluding carboxylic acids is 1. The normalized spacial score (nSPS) is 28.5. The van der Waals surface area contributed by atoms with Crippen LogP contribution in [-0.2, 0) is 9.53 Å². The van der Waals surface area contributed by atoms with Gasteiger partial charge in [-0.05, 0) is 51.2 Å². The molecule has 0 radical (unpaired) electrons. The number of methoxy groups -OCH3 is 1. The van der Waals surface area contributed by atoms with Crippen LogP contribution in [0.25, 0.3) is 0 Å². The largest absolute Gasteiger partial charge is 0.493 e. The van der Waals surface area contributed by atoms with E-state index >= 15 is 0 Å². The molecule has 0 spiro atoms. The lowest BCUT2D eigenvalue weighted by atomic mass is 10.1. The van der Waals surface area contributed by atoms with E-state index < -0.39 is 5.60 Å². The van der Waals surface area contributed by atoms with Gasteiger partial charge in [0.2, 0.25) is 0 Å². The first-order chi connectivity index (χ1) is 13.0. The molecule has 6 heteroatoms. The Morgan fingerprint density at radius 2 is 1.96 bits per heavy atom. The molecule has 0 unspecified atom stereocenters. The molecule has 4 rings (SSSR count). The van der Waals surface area contributed by atoms with Crippen LogP contribution in [0.5, 0.6) is 11.5 Å². The smallest absolute Gasteiger partial charge is 0.263 e. The average molecular weight is 374 g/mol. The maximum Gasteiger partial charge on any atom is 0.263 e. The minimum Gasteiger partial charge on any atom is -0.493 e. The highest BCUT2D eigenvalue weighted by Gasteiger charge is 2.43. The van der Waals surface area contributed by atoms with Gasteiger partial charge >= 0.3 is 0 Å². The van der Waals surface area contributed by atoms with Crippen molar-refractivity contribution in [1.82, 2.24) is 10.2 Å². The molecule has 3 fully saturated rings. The van der Waals surface area contributed by atoms with Crippen molar-refractivity contribution in [2.24, 2.45) is 5.92 Å². The Hall–Kier alpha value is -1.79. The number of carbonyl (C=O) groups is 1. The van der Waals surface area contributed by atoms with Crippen LogP contribution >= 0.6 is 0 Å². The lowest BCUT2D eigenvalue weighted by molar-refractivity contribution is -0.134. The van der Waals surface area contributed by atoms with Crippen LogP contribution in [0.2, 0.25) is 0 Å². The number of ether oxygens (including phenoxy) is 3. The maximum atomic E-state index is 12.9. The standard InChI is InChI=1S/C21H30N2O4/c1-21(2,27-18-7-5-4-6-17(18)25-3)20(24)22-15-10-16-13-26-19(14-8-9-14)12-23(16)11-15/h4-7,14-16,19H,8-13H2,1-3H3,(H,22,24)/t15-,16-,19+/m0/s1. The minimum absolute atomic E-state index is 0.0992. The third-order valence-electron chi connectivity index (χ3n) is 5.91. The molecule has 148 valence electrons. The molecule has 2 heterocycles. The van der Waals surface area contributed by atoms with Crippen molar-refractivity contribution in [1.29, 1.82) is 0 Å². The number of fused-ring (bicyclic) bond motifs is 1. The van der Waals surface area contributed by atoms with Crippen LogP contribution in [0.3, 0.4) is 0 Å². The first-order valence-electron chi connectivity index (χ1n) is 9.95. The summed E-state index contributed by atoms with van der Waals surface area (Å²) in [5, 5.41) is 3.19. The molecule has 1 amide bonds. The number of nitrogens with one attached hydrogen (secondary N) is 1. The fraction of sp³-hybridized carbons (Fsp3) is 0.667. The van der Waals surface area contributed by atoms with Crippen molar-refractivity contribution in [3.63, 3.8) is 0 Å². The zero-order valence-corrected chi connectivity index (χ0v) is 16.4. The second-order valence-electron chi connectivity index (χ2n) is 8.49. The van der Waals surface area contributed by atoms with Crippen molar-refractivity contribution in [3.05, 3.63) is 24.3 Å². The molecule has 6 nitrogen and oxygen atoms in total. The molecule has 2 aliphatic heterocycles. The Morgan fingerprint density at radius 3 is 2.67 bits per heavy atom. The summed E-state index contributed by atoms with van der Waals surface area (Å²) in [5.74, 6) is 1.86. The Labute approximate surface area is 161 Å². The van der Waals surface area contributed by atoms with E-state index in [0.29, 0.717) is 23.6 Å². The van der Waals surface area contributed by atoms with E-state index in [0.717, 1.165) is 32.0 Å². The van der Waals surface area contributed by atoms with Crippen molar-refractivity contribution in [2.75, 3.05) is 26.8 Å². The van der Waals surface area contributed by atoms with Crippen LogP contribution in [-0.4, -0.2) is 61.4 Å². The highest BCUT2D eigenvalue weighted by molar-refractivity contribution is 5.85. The molecule has 1 aromatic carbocycles. The van der Waals surface area contributed by atoms with E-state index in [-0.39, 0.29) is 11.9 Å². The van der Waals surface area contributed by atoms with Gasteiger partial charge in [0.05, 0.1) is 19.8 Å². The summed E-state index contributed by atoms with van der Waals surface area (Å²) < 4.78 is 17.4. The van der Waals surface area contributed by atoms with Gasteiger partial charge in [0, 0.05) is 25.2 Å². The Kier molecular flexibility index (Phi) is 5.03. The van der Waals surface area contributed by atoms with E-state index in [1.807, 2.05) is 24.3 Å². The zero-order chi connectivity index (χ0) is 19.0. The molecular formula is C21H30N2O4. The fourth-order valence-electron chi connectivity index (χ4n) is 4.14. The first kappa shape index (κ1) is 18.6. The third-order valence-corrected chi connectivity index (χ3v) is 5.91. The van der Waals surface area contributed by atoms with E-state index in [4.69, 9.17) is 14.2 Å². The first-order valence-corrected chi connectivity index (χ1v) is 9.95. The zero-order valence-electron chi connectivity index (χ0n) is 16.4. The topological polar surface area (TPSA) is 60.0 Å². The SMILES string of the molecule is COc1ccccc1OC(C)(C)C(=O)N[C@H]1C[C@H]2CO[C@@H](C3CC3)CN2C1. The summed E-state index contributed by atoms with van der Waals surface area (Å²) in [6, 6.07) is 7.96. The number of amides is 1. The predicted octanol–water partition coefficient (Wildman–Crippen LogP) is 2.22. The van der Waals surface area contributed by atoms with Gasteiger partial charge in [0.1, 0.15) is 0 Å². The third kappa shape index (κ3) is 4.06. The van der Waals surface area contributed by atoms with Crippen LogP contribution in [0.4, 0.5) is 0 Å². The number of nitrogens with zero attached hydrogens (tertiary/aromatic N) is 1. The van der Waals surface area contributed by atoms with Crippen LogP contribution < -0.4 is 14.8 Å². The van der Waals surface area contributed by atoms with Gasteiger partial charge in [-0.15, -0.1) is 0 Å². The van der Waals surface area contributed by atoms with Crippen LogP contribution in [0.15, 0.2) is 24.3 Å². The number of para-hydroxylation sites is 2. The van der Waals surface area contributed by atoms with Gasteiger partial charge in [-0.2, -0.15) is 0 Å².